The van der Waals surface area contributed by atoms with Gasteiger partial charge in [0, 0.05) is 24.6 Å². The first-order valence-electron chi connectivity index (χ1n) is 8.89. The Morgan fingerprint density at radius 3 is 2.31 bits per heavy atom. The molecule has 0 aliphatic carbocycles. The lowest BCUT2D eigenvalue weighted by Gasteiger charge is -2.17. The van der Waals surface area contributed by atoms with Crippen molar-refractivity contribution in [2.24, 2.45) is 0 Å². The van der Waals surface area contributed by atoms with Crippen molar-refractivity contribution in [3.05, 3.63) is 29.8 Å². The lowest BCUT2D eigenvalue weighted by atomic mass is 10.2. The Morgan fingerprint density at radius 2 is 1.73 bits per heavy atom. The van der Waals surface area contributed by atoms with Crippen LogP contribution >= 0.6 is 0 Å². The molecule has 0 aromatic heterocycles. The van der Waals surface area contributed by atoms with Crippen LogP contribution in [0.5, 0.6) is 5.75 Å². The molecule has 2 unspecified atom stereocenters. The summed E-state index contributed by atoms with van der Waals surface area (Å²) >= 11 is 0. The molecular formula is C19H29N3O4. The molecule has 26 heavy (non-hydrogen) atoms. The summed E-state index contributed by atoms with van der Waals surface area (Å²) in [5, 5.41) is 8.25. The topological polar surface area (TPSA) is 96.5 Å². The van der Waals surface area contributed by atoms with Crippen molar-refractivity contribution in [2.75, 3.05) is 13.7 Å². The molecule has 0 saturated heterocycles. The molecule has 0 spiro atoms. The Hall–Kier alpha value is -2.57. The SMILES string of the molecule is CCC(C)NC(=O)C(C)NC(=O)CCCNC(=O)c1ccc(OC)cc1. The lowest BCUT2D eigenvalue weighted by Crippen LogP contribution is -2.47. The standard InChI is InChI=1S/C19H29N3O4/c1-5-13(2)21-18(24)14(3)22-17(23)7-6-12-20-19(25)15-8-10-16(26-4)11-9-15/h8-11,13-14H,5-7,12H2,1-4H3,(H,20,25)(H,21,24)(H,22,23). The summed E-state index contributed by atoms with van der Waals surface area (Å²) in [4.78, 5) is 35.7. The van der Waals surface area contributed by atoms with E-state index in [1.807, 2.05) is 13.8 Å². The van der Waals surface area contributed by atoms with Crippen molar-refractivity contribution in [1.82, 2.24) is 16.0 Å². The summed E-state index contributed by atoms with van der Waals surface area (Å²) in [5.41, 5.74) is 0.533. The first-order chi connectivity index (χ1) is 12.4. The van der Waals surface area contributed by atoms with E-state index in [4.69, 9.17) is 4.74 Å². The molecule has 1 aromatic rings. The van der Waals surface area contributed by atoms with E-state index in [0.717, 1.165) is 6.42 Å². The number of methoxy groups -OCH3 is 1. The molecule has 2 atom stereocenters. The van der Waals surface area contributed by atoms with Crippen LogP contribution in [0.1, 0.15) is 50.4 Å². The molecule has 0 saturated carbocycles. The second kappa shape index (κ2) is 11.1. The predicted molar refractivity (Wildman–Crippen MR) is 100 cm³/mol. The molecule has 3 amide bonds. The van der Waals surface area contributed by atoms with E-state index < -0.39 is 6.04 Å². The normalized spacial score (nSPS) is 12.6. The number of hydrogen-bond donors (Lipinski definition) is 3. The van der Waals surface area contributed by atoms with E-state index >= 15 is 0 Å². The molecule has 1 rings (SSSR count). The Labute approximate surface area is 154 Å². The average molecular weight is 363 g/mol. The van der Waals surface area contributed by atoms with Gasteiger partial charge in [-0.25, -0.2) is 0 Å². The van der Waals surface area contributed by atoms with E-state index in [2.05, 4.69) is 16.0 Å². The van der Waals surface area contributed by atoms with Crippen molar-refractivity contribution in [1.29, 1.82) is 0 Å². The van der Waals surface area contributed by atoms with Crippen molar-refractivity contribution in [3.8, 4) is 5.75 Å². The minimum atomic E-state index is -0.578. The highest BCUT2D eigenvalue weighted by Gasteiger charge is 2.16. The molecule has 7 nitrogen and oxygen atoms in total. The van der Waals surface area contributed by atoms with E-state index in [9.17, 15) is 14.4 Å². The van der Waals surface area contributed by atoms with Gasteiger partial charge >= 0.3 is 0 Å². The fourth-order valence-electron chi connectivity index (χ4n) is 2.14. The Balaban J connectivity index is 2.26. The van der Waals surface area contributed by atoms with Gasteiger partial charge in [0.05, 0.1) is 7.11 Å². The van der Waals surface area contributed by atoms with Crippen LogP contribution in [0.25, 0.3) is 0 Å². The van der Waals surface area contributed by atoms with Crippen molar-refractivity contribution < 1.29 is 19.1 Å². The maximum absolute atomic E-state index is 12.0. The summed E-state index contributed by atoms with van der Waals surface area (Å²) in [5.74, 6) is 0.0788. The quantitative estimate of drug-likeness (QED) is 0.551. The van der Waals surface area contributed by atoms with Crippen LogP contribution in [0.2, 0.25) is 0 Å². The molecule has 3 N–H and O–H groups in total. The van der Waals surface area contributed by atoms with Crippen LogP contribution in [0.4, 0.5) is 0 Å². The predicted octanol–water partition coefficient (Wildman–Crippen LogP) is 1.62. The summed E-state index contributed by atoms with van der Waals surface area (Å²) in [7, 11) is 1.56. The van der Waals surface area contributed by atoms with E-state index in [0.29, 0.717) is 24.3 Å². The zero-order valence-corrected chi connectivity index (χ0v) is 15.9. The maximum Gasteiger partial charge on any atom is 0.251 e. The van der Waals surface area contributed by atoms with Gasteiger partial charge in [-0.1, -0.05) is 6.92 Å². The highest BCUT2D eigenvalue weighted by Crippen LogP contribution is 2.11. The molecule has 0 aliphatic heterocycles. The van der Waals surface area contributed by atoms with E-state index in [1.165, 1.54) is 0 Å². The van der Waals surface area contributed by atoms with Crippen LogP contribution in [0.15, 0.2) is 24.3 Å². The van der Waals surface area contributed by atoms with Crippen LogP contribution < -0.4 is 20.7 Å². The van der Waals surface area contributed by atoms with Gasteiger partial charge in [0.25, 0.3) is 5.91 Å². The van der Waals surface area contributed by atoms with Crippen molar-refractivity contribution in [2.45, 2.75) is 52.1 Å². The molecule has 7 heteroatoms. The number of rotatable bonds is 10. The molecule has 0 fully saturated rings. The van der Waals surface area contributed by atoms with E-state index in [1.54, 1.807) is 38.3 Å². The Kier molecular flexibility index (Phi) is 9.19. The van der Waals surface area contributed by atoms with Gasteiger partial charge in [0.2, 0.25) is 11.8 Å². The molecule has 0 aliphatic rings. The number of carbonyl (C=O) groups excluding carboxylic acids is 3. The summed E-state index contributed by atoms with van der Waals surface area (Å²) in [6.07, 6.45) is 1.57. The molecule has 0 heterocycles. The van der Waals surface area contributed by atoms with Crippen LogP contribution in [0, 0.1) is 0 Å². The highest BCUT2D eigenvalue weighted by atomic mass is 16.5. The van der Waals surface area contributed by atoms with Crippen LogP contribution in [0.3, 0.4) is 0 Å². The first kappa shape index (κ1) is 21.5. The zero-order chi connectivity index (χ0) is 19.5. The number of carbonyl (C=O) groups is 3. The smallest absolute Gasteiger partial charge is 0.251 e. The summed E-state index contributed by atoms with van der Waals surface area (Å²) in [6.45, 7) is 5.93. The monoisotopic (exact) mass is 363 g/mol. The van der Waals surface area contributed by atoms with Gasteiger partial charge in [-0.3, -0.25) is 14.4 Å². The molecular weight excluding hydrogens is 334 g/mol. The summed E-state index contributed by atoms with van der Waals surface area (Å²) in [6, 6.07) is 6.29. The molecule has 144 valence electrons. The van der Waals surface area contributed by atoms with Gasteiger partial charge in [-0.15, -0.1) is 0 Å². The first-order valence-corrected chi connectivity index (χ1v) is 8.89. The summed E-state index contributed by atoms with van der Waals surface area (Å²) < 4.78 is 5.05. The fourth-order valence-corrected chi connectivity index (χ4v) is 2.14. The van der Waals surface area contributed by atoms with Gasteiger partial charge in [0.15, 0.2) is 0 Å². The number of benzene rings is 1. The number of amides is 3. The average Bonchev–Trinajstić information content (AvgIpc) is 2.64. The Bertz CT molecular complexity index is 601. The van der Waals surface area contributed by atoms with Crippen molar-refractivity contribution >= 4 is 17.7 Å². The van der Waals surface area contributed by atoms with Gasteiger partial charge in [-0.2, -0.15) is 0 Å². The minimum absolute atomic E-state index is 0.0787. The maximum atomic E-state index is 12.0. The van der Waals surface area contributed by atoms with Crippen LogP contribution in [-0.4, -0.2) is 43.5 Å². The second-order valence-electron chi connectivity index (χ2n) is 6.20. The molecule has 0 bridgehead atoms. The fraction of sp³-hybridized carbons (Fsp3) is 0.526. The minimum Gasteiger partial charge on any atom is -0.497 e. The van der Waals surface area contributed by atoms with Gasteiger partial charge in [0.1, 0.15) is 11.8 Å². The second-order valence-corrected chi connectivity index (χ2v) is 6.20. The third-order valence-electron chi connectivity index (χ3n) is 3.99. The van der Waals surface area contributed by atoms with E-state index in [-0.39, 0.29) is 30.2 Å². The number of nitrogens with one attached hydrogen (secondary N) is 3. The number of hydrogen-bond acceptors (Lipinski definition) is 4. The lowest BCUT2D eigenvalue weighted by molar-refractivity contribution is -0.129. The highest BCUT2D eigenvalue weighted by molar-refractivity contribution is 5.94. The Morgan fingerprint density at radius 1 is 1.08 bits per heavy atom. The van der Waals surface area contributed by atoms with Gasteiger partial charge in [-0.05, 0) is 51.0 Å². The number of ether oxygens (including phenoxy) is 1. The van der Waals surface area contributed by atoms with Gasteiger partial charge < -0.3 is 20.7 Å². The van der Waals surface area contributed by atoms with Crippen molar-refractivity contribution in [3.63, 3.8) is 0 Å². The molecule has 0 radical (unpaired) electrons. The zero-order valence-electron chi connectivity index (χ0n) is 15.9. The molecule has 1 aromatic carbocycles. The van der Waals surface area contributed by atoms with Crippen LogP contribution in [-0.2, 0) is 9.59 Å². The largest absolute Gasteiger partial charge is 0.497 e. The third kappa shape index (κ3) is 7.55. The third-order valence-corrected chi connectivity index (χ3v) is 3.99.